The first-order valence-electron chi connectivity index (χ1n) is 7.07. The number of hydrogen-bond acceptors (Lipinski definition) is 3. The maximum absolute atomic E-state index is 12.8. The lowest BCUT2D eigenvalue weighted by Gasteiger charge is -2.19. The Bertz CT molecular complexity index is 661. The molecule has 3 rings (SSSR count). The van der Waals surface area contributed by atoms with E-state index in [2.05, 4.69) is 26.0 Å². The zero-order valence-electron chi connectivity index (χ0n) is 12.1. The smallest absolute Gasteiger partial charge is 0.277 e. The number of aryl methyl sites for hydroxylation is 1. The van der Waals surface area contributed by atoms with E-state index in [1.54, 1.807) is 15.8 Å². The molecule has 0 aromatic carbocycles. The standard InChI is InChI=1S/C15H17BrN4O/c1-3-20(14-7-6-11(16)9-17-14)15(21)13-8-12(10-4-5-10)18-19(13)2/h6-10H,3-5H2,1-2H3. The van der Waals surface area contributed by atoms with Gasteiger partial charge in [-0.1, -0.05) is 0 Å². The summed E-state index contributed by atoms with van der Waals surface area (Å²) in [4.78, 5) is 18.7. The van der Waals surface area contributed by atoms with E-state index in [4.69, 9.17) is 0 Å². The van der Waals surface area contributed by atoms with Crippen LogP contribution in [0.4, 0.5) is 5.82 Å². The van der Waals surface area contributed by atoms with E-state index in [0.717, 1.165) is 10.2 Å². The van der Waals surface area contributed by atoms with Crippen molar-refractivity contribution in [1.29, 1.82) is 0 Å². The lowest BCUT2D eigenvalue weighted by Crippen LogP contribution is -2.32. The Morgan fingerprint density at radius 2 is 2.24 bits per heavy atom. The third-order valence-electron chi connectivity index (χ3n) is 3.66. The first-order valence-corrected chi connectivity index (χ1v) is 7.86. The van der Waals surface area contributed by atoms with E-state index in [9.17, 15) is 4.79 Å². The van der Waals surface area contributed by atoms with Gasteiger partial charge in [-0.05, 0) is 53.9 Å². The Labute approximate surface area is 132 Å². The van der Waals surface area contributed by atoms with Gasteiger partial charge in [0.2, 0.25) is 0 Å². The van der Waals surface area contributed by atoms with Crippen LogP contribution in [0, 0.1) is 0 Å². The molecule has 0 aliphatic heterocycles. The predicted octanol–water partition coefficient (Wildman–Crippen LogP) is 3.12. The SMILES string of the molecule is CCN(C(=O)c1cc(C2CC2)nn1C)c1ccc(Br)cn1. The number of nitrogens with zero attached hydrogens (tertiary/aromatic N) is 4. The third kappa shape index (κ3) is 2.85. The van der Waals surface area contributed by atoms with Crippen LogP contribution in [0.15, 0.2) is 28.9 Å². The number of rotatable bonds is 4. The topological polar surface area (TPSA) is 51.0 Å². The first-order chi connectivity index (χ1) is 10.1. The van der Waals surface area contributed by atoms with E-state index in [1.807, 2.05) is 32.2 Å². The number of hydrogen-bond donors (Lipinski definition) is 0. The molecular weight excluding hydrogens is 332 g/mol. The summed E-state index contributed by atoms with van der Waals surface area (Å²) in [6, 6.07) is 5.64. The minimum Gasteiger partial charge on any atom is -0.292 e. The van der Waals surface area contributed by atoms with Crippen LogP contribution < -0.4 is 4.90 Å². The maximum atomic E-state index is 12.8. The van der Waals surface area contributed by atoms with Gasteiger partial charge in [0.05, 0.1) is 5.69 Å². The average molecular weight is 349 g/mol. The molecule has 0 spiro atoms. The second-order valence-electron chi connectivity index (χ2n) is 5.24. The number of carbonyl (C=O) groups excluding carboxylic acids is 1. The van der Waals surface area contributed by atoms with Gasteiger partial charge in [0.25, 0.3) is 5.91 Å². The summed E-state index contributed by atoms with van der Waals surface area (Å²) in [6.07, 6.45) is 4.05. The van der Waals surface area contributed by atoms with Crippen molar-refractivity contribution >= 4 is 27.7 Å². The summed E-state index contributed by atoms with van der Waals surface area (Å²) >= 11 is 3.36. The summed E-state index contributed by atoms with van der Waals surface area (Å²) in [7, 11) is 1.82. The van der Waals surface area contributed by atoms with Gasteiger partial charge in [0.15, 0.2) is 0 Å². The predicted molar refractivity (Wildman–Crippen MR) is 84.5 cm³/mol. The molecule has 2 aromatic heterocycles. The quantitative estimate of drug-likeness (QED) is 0.852. The van der Waals surface area contributed by atoms with Gasteiger partial charge in [0, 0.05) is 30.2 Å². The highest BCUT2D eigenvalue weighted by atomic mass is 79.9. The molecule has 0 saturated heterocycles. The second kappa shape index (κ2) is 5.60. The third-order valence-corrected chi connectivity index (χ3v) is 4.13. The van der Waals surface area contributed by atoms with Gasteiger partial charge >= 0.3 is 0 Å². The molecule has 110 valence electrons. The van der Waals surface area contributed by atoms with E-state index in [1.165, 1.54) is 12.8 Å². The van der Waals surface area contributed by atoms with Crippen molar-refractivity contribution in [3.05, 3.63) is 40.3 Å². The highest BCUT2D eigenvalue weighted by molar-refractivity contribution is 9.10. The Morgan fingerprint density at radius 3 is 2.81 bits per heavy atom. The molecule has 5 nitrogen and oxygen atoms in total. The van der Waals surface area contributed by atoms with Gasteiger partial charge in [-0.3, -0.25) is 14.4 Å². The highest BCUT2D eigenvalue weighted by Crippen LogP contribution is 2.39. The van der Waals surface area contributed by atoms with E-state index in [-0.39, 0.29) is 5.91 Å². The lowest BCUT2D eigenvalue weighted by atomic mass is 10.2. The van der Waals surface area contributed by atoms with Crippen LogP contribution in [0.2, 0.25) is 0 Å². The fraction of sp³-hybridized carbons (Fsp3) is 0.400. The molecule has 2 aromatic rings. The second-order valence-corrected chi connectivity index (χ2v) is 6.15. The van der Waals surface area contributed by atoms with Gasteiger partial charge in [0.1, 0.15) is 11.5 Å². The van der Waals surface area contributed by atoms with E-state index in [0.29, 0.717) is 24.0 Å². The molecule has 2 heterocycles. The fourth-order valence-corrected chi connectivity index (χ4v) is 2.58. The van der Waals surface area contributed by atoms with Crippen LogP contribution in [0.25, 0.3) is 0 Å². The van der Waals surface area contributed by atoms with Crippen molar-refractivity contribution in [2.75, 3.05) is 11.4 Å². The van der Waals surface area contributed by atoms with Crippen molar-refractivity contribution in [3.63, 3.8) is 0 Å². The Kier molecular flexibility index (Phi) is 3.80. The summed E-state index contributed by atoms with van der Waals surface area (Å²) in [5.74, 6) is 1.13. The summed E-state index contributed by atoms with van der Waals surface area (Å²) in [5.41, 5.74) is 1.64. The molecule has 1 aliphatic carbocycles. The van der Waals surface area contributed by atoms with Crippen LogP contribution >= 0.6 is 15.9 Å². The van der Waals surface area contributed by atoms with Crippen LogP contribution in [0.5, 0.6) is 0 Å². The molecule has 0 atom stereocenters. The van der Waals surface area contributed by atoms with Crippen LogP contribution in [0.3, 0.4) is 0 Å². The molecule has 1 aliphatic rings. The zero-order valence-corrected chi connectivity index (χ0v) is 13.7. The summed E-state index contributed by atoms with van der Waals surface area (Å²) in [5, 5.41) is 4.46. The van der Waals surface area contributed by atoms with E-state index < -0.39 is 0 Å². The van der Waals surface area contributed by atoms with Crippen molar-refractivity contribution in [2.24, 2.45) is 7.05 Å². The molecule has 21 heavy (non-hydrogen) atoms. The van der Waals surface area contributed by atoms with Gasteiger partial charge in [-0.15, -0.1) is 0 Å². The number of anilines is 1. The summed E-state index contributed by atoms with van der Waals surface area (Å²) < 4.78 is 2.57. The largest absolute Gasteiger partial charge is 0.292 e. The molecule has 0 radical (unpaired) electrons. The maximum Gasteiger partial charge on any atom is 0.277 e. The van der Waals surface area contributed by atoms with Crippen LogP contribution in [-0.4, -0.2) is 27.2 Å². The molecule has 1 fully saturated rings. The Balaban J connectivity index is 1.89. The minimum absolute atomic E-state index is 0.0609. The molecular formula is C15H17BrN4O. The van der Waals surface area contributed by atoms with Crippen molar-refractivity contribution in [2.45, 2.75) is 25.7 Å². The van der Waals surface area contributed by atoms with Gasteiger partial charge in [-0.2, -0.15) is 5.10 Å². The number of amides is 1. The number of carbonyl (C=O) groups is 1. The summed E-state index contributed by atoms with van der Waals surface area (Å²) in [6.45, 7) is 2.51. The molecule has 1 amide bonds. The van der Waals surface area contributed by atoms with Gasteiger partial charge < -0.3 is 0 Å². The molecule has 0 bridgehead atoms. The first kappa shape index (κ1) is 14.3. The zero-order chi connectivity index (χ0) is 15.0. The lowest BCUT2D eigenvalue weighted by molar-refractivity contribution is 0.0978. The van der Waals surface area contributed by atoms with Gasteiger partial charge in [-0.25, -0.2) is 4.98 Å². The average Bonchev–Trinajstić information content (AvgIpc) is 3.25. The Hall–Kier alpha value is -1.69. The van der Waals surface area contributed by atoms with Crippen molar-refractivity contribution in [3.8, 4) is 0 Å². The van der Waals surface area contributed by atoms with Crippen molar-refractivity contribution in [1.82, 2.24) is 14.8 Å². The van der Waals surface area contributed by atoms with Crippen LogP contribution in [-0.2, 0) is 7.05 Å². The molecule has 1 saturated carbocycles. The number of halogens is 1. The van der Waals surface area contributed by atoms with E-state index >= 15 is 0 Å². The molecule has 0 unspecified atom stereocenters. The van der Waals surface area contributed by atoms with Crippen LogP contribution in [0.1, 0.15) is 41.9 Å². The Morgan fingerprint density at radius 1 is 1.48 bits per heavy atom. The number of pyridine rings is 1. The number of aromatic nitrogens is 3. The fourth-order valence-electron chi connectivity index (χ4n) is 2.34. The van der Waals surface area contributed by atoms with Crippen molar-refractivity contribution < 1.29 is 4.79 Å². The minimum atomic E-state index is -0.0609. The highest BCUT2D eigenvalue weighted by Gasteiger charge is 2.29. The molecule has 0 N–H and O–H groups in total. The normalized spacial score (nSPS) is 14.2. The molecule has 6 heteroatoms. The monoisotopic (exact) mass is 348 g/mol.